The zero-order valence-corrected chi connectivity index (χ0v) is 14.4. The van der Waals surface area contributed by atoms with E-state index in [2.05, 4.69) is 10.1 Å². The molecule has 0 unspecified atom stereocenters. The van der Waals surface area contributed by atoms with E-state index in [0.29, 0.717) is 18.7 Å². The van der Waals surface area contributed by atoms with Crippen LogP contribution in [0.15, 0.2) is 48.9 Å². The van der Waals surface area contributed by atoms with Gasteiger partial charge in [0.15, 0.2) is 5.65 Å². The van der Waals surface area contributed by atoms with E-state index in [1.165, 1.54) is 0 Å². The molecule has 3 aromatic rings. The quantitative estimate of drug-likeness (QED) is 0.772. The second kappa shape index (κ2) is 6.86. The summed E-state index contributed by atoms with van der Waals surface area (Å²) in [5, 5.41) is 14.3. The summed E-state index contributed by atoms with van der Waals surface area (Å²) in [5.74, 6) is -0.105. The molecule has 2 aromatic heterocycles. The summed E-state index contributed by atoms with van der Waals surface area (Å²) in [6.45, 7) is 3.06. The van der Waals surface area contributed by atoms with Gasteiger partial charge >= 0.3 is 0 Å². The normalized spacial score (nSPS) is 19.8. The fraction of sp³-hybridized carbons (Fsp3) is 0.316. The summed E-state index contributed by atoms with van der Waals surface area (Å²) in [7, 11) is 0. The van der Waals surface area contributed by atoms with Crippen molar-refractivity contribution in [2.75, 3.05) is 19.8 Å². The molecular weight excluding hydrogens is 332 g/mol. The van der Waals surface area contributed by atoms with Gasteiger partial charge < -0.3 is 14.7 Å². The third kappa shape index (κ3) is 2.85. The van der Waals surface area contributed by atoms with Crippen LogP contribution in [0.25, 0.3) is 16.8 Å². The fourth-order valence-electron chi connectivity index (χ4n) is 3.35. The Morgan fingerprint density at radius 3 is 2.85 bits per heavy atom. The first kappa shape index (κ1) is 16.7. The molecule has 26 heavy (non-hydrogen) atoms. The van der Waals surface area contributed by atoms with E-state index in [0.717, 1.165) is 16.8 Å². The summed E-state index contributed by atoms with van der Waals surface area (Å²) in [6.07, 6.45) is 4.71. The number of benzene rings is 1. The second-order valence-corrected chi connectivity index (χ2v) is 6.29. The average Bonchev–Trinajstić information content (AvgIpc) is 3.29. The monoisotopic (exact) mass is 352 g/mol. The molecule has 1 aliphatic rings. The molecule has 1 aliphatic heterocycles. The number of hydrogen-bond acceptors (Lipinski definition) is 5. The maximum absolute atomic E-state index is 12.8. The Morgan fingerprint density at radius 2 is 2.15 bits per heavy atom. The Hall–Kier alpha value is -2.77. The van der Waals surface area contributed by atoms with Crippen molar-refractivity contribution in [2.45, 2.75) is 19.1 Å². The van der Waals surface area contributed by atoms with Gasteiger partial charge in [-0.1, -0.05) is 12.1 Å². The zero-order valence-electron chi connectivity index (χ0n) is 14.4. The topological polar surface area (TPSA) is 80.0 Å². The number of likely N-dealkylation sites (N-methyl/N-ethyl adjacent to an activating group) is 1. The lowest BCUT2D eigenvalue weighted by atomic mass is 10.0. The highest BCUT2D eigenvalue weighted by Crippen LogP contribution is 2.24. The van der Waals surface area contributed by atoms with Crippen molar-refractivity contribution in [3.8, 4) is 11.1 Å². The minimum atomic E-state index is -0.636. The number of carbonyl (C=O) groups is 1. The van der Waals surface area contributed by atoms with Crippen molar-refractivity contribution >= 4 is 11.6 Å². The lowest BCUT2D eigenvalue weighted by Gasteiger charge is -2.28. The molecule has 0 saturated carbocycles. The number of aliphatic hydroxyl groups excluding tert-OH is 1. The SMILES string of the molecule is CCN(C(=O)c1ccc(-c2cnn3cccnc23)cc1)[C@H]1COC[C@@H]1O. The number of nitrogens with zero attached hydrogens (tertiary/aromatic N) is 4. The van der Waals surface area contributed by atoms with Gasteiger partial charge in [0.2, 0.25) is 0 Å². The first-order valence-electron chi connectivity index (χ1n) is 8.64. The van der Waals surface area contributed by atoms with Crippen LogP contribution in [0, 0.1) is 0 Å². The van der Waals surface area contributed by atoms with Crippen molar-refractivity contribution in [1.82, 2.24) is 19.5 Å². The summed E-state index contributed by atoms with van der Waals surface area (Å²) >= 11 is 0. The van der Waals surface area contributed by atoms with Gasteiger partial charge in [-0.2, -0.15) is 5.10 Å². The van der Waals surface area contributed by atoms with Gasteiger partial charge in [0.25, 0.3) is 5.91 Å². The summed E-state index contributed by atoms with van der Waals surface area (Å²) in [6, 6.07) is 8.93. The number of carbonyl (C=O) groups excluding carboxylic acids is 1. The Bertz CT molecular complexity index is 922. The van der Waals surface area contributed by atoms with Crippen LogP contribution in [0.4, 0.5) is 0 Å². The number of amides is 1. The Kier molecular flexibility index (Phi) is 4.40. The van der Waals surface area contributed by atoms with Gasteiger partial charge in [-0.25, -0.2) is 9.50 Å². The van der Waals surface area contributed by atoms with E-state index >= 15 is 0 Å². The first-order chi connectivity index (χ1) is 12.7. The molecule has 0 aliphatic carbocycles. The lowest BCUT2D eigenvalue weighted by molar-refractivity contribution is 0.0520. The molecule has 1 fully saturated rings. The van der Waals surface area contributed by atoms with E-state index in [-0.39, 0.29) is 18.6 Å². The van der Waals surface area contributed by atoms with E-state index in [1.54, 1.807) is 33.9 Å². The van der Waals surface area contributed by atoms with Crippen LogP contribution in [-0.2, 0) is 4.74 Å². The average molecular weight is 352 g/mol. The molecule has 134 valence electrons. The molecule has 3 heterocycles. The van der Waals surface area contributed by atoms with Gasteiger partial charge in [-0.05, 0) is 30.7 Å². The van der Waals surface area contributed by atoms with Crippen molar-refractivity contribution in [3.05, 3.63) is 54.5 Å². The smallest absolute Gasteiger partial charge is 0.254 e. The molecule has 1 amide bonds. The fourth-order valence-corrected chi connectivity index (χ4v) is 3.35. The maximum atomic E-state index is 12.8. The molecule has 1 N–H and O–H groups in total. The molecule has 2 atom stereocenters. The van der Waals surface area contributed by atoms with Gasteiger partial charge in [-0.15, -0.1) is 0 Å². The maximum Gasteiger partial charge on any atom is 0.254 e. The van der Waals surface area contributed by atoms with E-state index in [1.807, 2.05) is 31.3 Å². The molecule has 4 rings (SSSR count). The predicted molar refractivity (Wildman–Crippen MR) is 95.7 cm³/mol. The van der Waals surface area contributed by atoms with Gasteiger partial charge in [0.05, 0.1) is 31.6 Å². The molecule has 0 bridgehead atoms. The minimum absolute atomic E-state index is 0.105. The number of aliphatic hydroxyl groups is 1. The first-order valence-corrected chi connectivity index (χ1v) is 8.64. The third-order valence-corrected chi connectivity index (χ3v) is 4.75. The van der Waals surface area contributed by atoms with E-state index in [9.17, 15) is 9.90 Å². The molecule has 0 spiro atoms. The van der Waals surface area contributed by atoms with Crippen LogP contribution in [0.5, 0.6) is 0 Å². The summed E-state index contributed by atoms with van der Waals surface area (Å²) in [5.41, 5.74) is 3.21. The van der Waals surface area contributed by atoms with E-state index in [4.69, 9.17) is 4.74 Å². The summed E-state index contributed by atoms with van der Waals surface area (Å²) in [4.78, 5) is 18.9. The Morgan fingerprint density at radius 1 is 1.35 bits per heavy atom. The van der Waals surface area contributed by atoms with Crippen LogP contribution >= 0.6 is 0 Å². The van der Waals surface area contributed by atoms with Crippen molar-refractivity contribution in [2.24, 2.45) is 0 Å². The molecule has 7 heteroatoms. The number of aromatic nitrogens is 3. The van der Waals surface area contributed by atoms with E-state index < -0.39 is 6.10 Å². The highest BCUT2D eigenvalue weighted by Gasteiger charge is 2.34. The van der Waals surface area contributed by atoms with Crippen molar-refractivity contribution < 1.29 is 14.6 Å². The number of hydrogen-bond donors (Lipinski definition) is 1. The number of rotatable bonds is 4. The summed E-state index contributed by atoms with van der Waals surface area (Å²) < 4.78 is 7.00. The molecule has 1 saturated heterocycles. The lowest BCUT2D eigenvalue weighted by Crippen LogP contribution is -2.46. The van der Waals surface area contributed by atoms with Crippen molar-refractivity contribution in [3.63, 3.8) is 0 Å². The standard InChI is InChI=1S/C19H20N4O3/c1-2-22(16-11-26-12-17(16)24)19(25)14-6-4-13(5-7-14)15-10-21-23-9-3-8-20-18(15)23/h3-10,16-17,24H,2,11-12H2,1H3/t16-,17-/m0/s1. The molecule has 7 nitrogen and oxygen atoms in total. The van der Waals surface area contributed by atoms with Crippen LogP contribution < -0.4 is 0 Å². The van der Waals surface area contributed by atoms with Crippen LogP contribution in [0.3, 0.4) is 0 Å². The largest absolute Gasteiger partial charge is 0.388 e. The highest BCUT2D eigenvalue weighted by molar-refractivity contribution is 5.95. The van der Waals surface area contributed by atoms with Crippen LogP contribution in [0.2, 0.25) is 0 Å². The molecular formula is C19H20N4O3. The molecule has 1 aromatic carbocycles. The minimum Gasteiger partial charge on any atom is -0.388 e. The Balaban J connectivity index is 1.60. The molecule has 0 radical (unpaired) electrons. The van der Waals surface area contributed by atoms with Gasteiger partial charge in [0, 0.05) is 30.1 Å². The third-order valence-electron chi connectivity index (χ3n) is 4.75. The highest BCUT2D eigenvalue weighted by atomic mass is 16.5. The number of ether oxygens (including phenoxy) is 1. The Labute approximate surface area is 150 Å². The van der Waals surface area contributed by atoms with Crippen LogP contribution in [0.1, 0.15) is 17.3 Å². The zero-order chi connectivity index (χ0) is 18.1. The van der Waals surface area contributed by atoms with Gasteiger partial charge in [-0.3, -0.25) is 4.79 Å². The predicted octanol–water partition coefficient (Wildman–Crippen LogP) is 1.62. The number of fused-ring (bicyclic) bond motifs is 1. The van der Waals surface area contributed by atoms with Gasteiger partial charge in [0.1, 0.15) is 0 Å². The second-order valence-electron chi connectivity index (χ2n) is 6.29. The van der Waals surface area contributed by atoms with Crippen LogP contribution in [-0.4, -0.2) is 62.4 Å². The van der Waals surface area contributed by atoms with Crippen molar-refractivity contribution in [1.29, 1.82) is 0 Å².